The number of fused-ring (bicyclic) bond motifs is 1. The van der Waals surface area contributed by atoms with Gasteiger partial charge in [0.2, 0.25) is 16.0 Å². The maximum atomic E-state index is 13.8. The van der Waals surface area contributed by atoms with Gasteiger partial charge in [0.25, 0.3) is 0 Å². The van der Waals surface area contributed by atoms with Crippen LogP contribution in [0.4, 0.5) is 48.2 Å². The molecule has 1 aliphatic carbocycles. The molecule has 2 aromatic heterocycles. The van der Waals surface area contributed by atoms with Gasteiger partial charge in [0.1, 0.15) is 16.9 Å². The van der Waals surface area contributed by atoms with E-state index < -0.39 is 45.0 Å². The second-order valence-electron chi connectivity index (χ2n) is 9.78. The van der Waals surface area contributed by atoms with E-state index in [1.165, 1.54) is 30.3 Å². The molecule has 16 heteroatoms. The molecule has 5 rings (SSSR count). The fraction of sp³-hybridized carbons (Fsp3) is 0.269. The van der Waals surface area contributed by atoms with Crippen molar-refractivity contribution in [3.05, 3.63) is 71.5 Å². The minimum absolute atomic E-state index is 0.0204. The first kappa shape index (κ1) is 29.3. The lowest BCUT2D eigenvalue weighted by Gasteiger charge is -2.22. The Morgan fingerprint density at radius 1 is 0.905 bits per heavy atom. The smallest absolute Gasteiger partial charge is 0.354 e. The zero-order valence-electron chi connectivity index (χ0n) is 21.5. The second-order valence-corrected chi connectivity index (χ2v) is 11.5. The summed E-state index contributed by atoms with van der Waals surface area (Å²) < 4.78 is 120. The van der Waals surface area contributed by atoms with Crippen molar-refractivity contribution in [2.75, 3.05) is 21.6 Å². The molecule has 0 amide bonds. The lowest BCUT2D eigenvalue weighted by Crippen LogP contribution is -2.39. The van der Waals surface area contributed by atoms with Gasteiger partial charge < -0.3 is 10.6 Å². The number of aromatic nitrogens is 3. The topological polar surface area (TPSA) is 109 Å². The van der Waals surface area contributed by atoms with E-state index in [9.17, 15) is 39.2 Å². The van der Waals surface area contributed by atoms with Crippen molar-refractivity contribution in [1.29, 1.82) is 0 Å². The summed E-state index contributed by atoms with van der Waals surface area (Å²) in [5.41, 5.74) is -2.88. The first-order chi connectivity index (χ1) is 19.5. The molecule has 4 aromatic rings. The van der Waals surface area contributed by atoms with Crippen molar-refractivity contribution in [1.82, 2.24) is 15.0 Å². The normalized spacial score (nSPS) is 15.0. The number of rotatable bonds is 8. The molecule has 2 heterocycles. The number of nitrogens with one attached hydrogen (secondary N) is 3. The Kier molecular flexibility index (Phi) is 7.15. The van der Waals surface area contributed by atoms with Gasteiger partial charge in [-0.1, -0.05) is 6.07 Å². The number of hydrogen-bond acceptors (Lipinski definition) is 7. The summed E-state index contributed by atoms with van der Waals surface area (Å²) in [5, 5.41) is 5.23. The molecule has 0 unspecified atom stereocenters. The lowest BCUT2D eigenvalue weighted by molar-refractivity contribution is -0.151. The van der Waals surface area contributed by atoms with E-state index in [0.717, 1.165) is 12.1 Å². The van der Waals surface area contributed by atoms with E-state index in [1.807, 2.05) is 4.72 Å². The zero-order valence-corrected chi connectivity index (χ0v) is 22.3. The highest BCUT2D eigenvalue weighted by Crippen LogP contribution is 2.51. The predicted octanol–water partition coefficient (Wildman–Crippen LogP) is 6.34. The molecule has 0 spiro atoms. The van der Waals surface area contributed by atoms with Crippen LogP contribution in [0.25, 0.3) is 22.3 Å². The van der Waals surface area contributed by atoms with Crippen molar-refractivity contribution < 1.29 is 39.2 Å². The standard InChI is InChI=1S/C26H21F7N6O2S/c1-42(40,41)39-20-12-14(2-7-17(20)25(28,29)30)13-34-23-36-19-9-8-18(15-3-5-16(27)6-4-15)35-21(19)22(37-23)38-24(10-11-24)26(31,32)33/h2-9,12,39H,10-11,13H2,1H3,(H2,34,36,37,38). The van der Waals surface area contributed by atoms with Crippen LogP contribution in [0.5, 0.6) is 0 Å². The van der Waals surface area contributed by atoms with Crippen LogP contribution in [-0.4, -0.2) is 41.3 Å². The Bertz CT molecular complexity index is 1760. The molecular weight excluding hydrogens is 593 g/mol. The van der Waals surface area contributed by atoms with Crippen LogP contribution in [0.2, 0.25) is 0 Å². The Labute approximate surface area is 234 Å². The number of alkyl halides is 6. The molecule has 1 aliphatic rings. The highest BCUT2D eigenvalue weighted by molar-refractivity contribution is 7.92. The molecule has 42 heavy (non-hydrogen) atoms. The highest BCUT2D eigenvalue weighted by Gasteiger charge is 2.64. The molecule has 1 fully saturated rings. The Balaban J connectivity index is 1.50. The van der Waals surface area contributed by atoms with E-state index in [-0.39, 0.29) is 47.7 Å². The largest absolute Gasteiger partial charge is 0.418 e. The molecule has 0 bridgehead atoms. The van der Waals surface area contributed by atoms with Gasteiger partial charge >= 0.3 is 12.4 Å². The van der Waals surface area contributed by atoms with Crippen molar-refractivity contribution in [2.24, 2.45) is 0 Å². The Morgan fingerprint density at radius 2 is 1.60 bits per heavy atom. The maximum Gasteiger partial charge on any atom is 0.418 e. The molecule has 8 nitrogen and oxygen atoms in total. The summed E-state index contributed by atoms with van der Waals surface area (Å²) in [4.78, 5) is 12.9. The molecule has 0 atom stereocenters. The number of nitrogens with zero attached hydrogens (tertiary/aromatic N) is 3. The third-order valence-corrected chi connectivity index (χ3v) is 7.06. The fourth-order valence-corrected chi connectivity index (χ4v) is 4.78. The SMILES string of the molecule is CS(=O)(=O)Nc1cc(CNc2nc(NC3(C(F)(F)F)CC3)c3nc(-c4ccc(F)cc4)ccc3n2)ccc1C(F)(F)F. The molecule has 2 aromatic carbocycles. The molecular formula is C26H21F7N6O2S. The minimum atomic E-state index is -4.84. The van der Waals surface area contributed by atoms with Crippen LogP contribution >= 0.6 is 0 Å². The van der Waals surface area contributed by atoms with Gasteiger partial charge in [-0.05, 0) is 66.9 Å². The van der Waals surface area contributed by atoms with Crippen LogP contribution in [0.1, 0.15) is 24.0 Å². The highest BCUT2D eigenvalue weighted by atomic mass is 32.2. The summed E-state index contributed by atoms with van der Waals surface area (Å²) in [6.45, 7) is -0.201. The van der Waals surface area contributed by atoms with E-state index >= 15 is 0 Å². The molecule has 0 aliphatic heterocycles. The van der Waals surface area contributed by atoms with Crippen molar-refractivity contribution >= 4 is 38.5 Å². The number of sulfonamides is 1. The first-order valence-electron chi connectivity index (χ1n) is 12.2. The molecule has 3 N–H and O–H groups in total. The number of halogens is 7. The van der Waals surface area contributed by atoms with Gasteiger partial charge in [0.15, 0.2) is 5.82 Å². The summed E-state index contributed by atoms with van der Waals surface area (Å²) in [5.74, 6) is -0.862. The van der Waals surface area contributed by atoms with Crippen LogP contribution in [-0.2, 0) is 22.7 Å². The van der Waals surface area contributed by atoms with Gasteiger partial charge in [-0.3, -0.25) is 4.72 Å². The van der Waals surface area contributed by atoms with Gasteiger partial charge in [-0.25, -0.2) is 22.8 Å². The average Bonchev–Trinajstić information content (AvgIpc) is 3.67. The van der Waals surface area contributed by atoms with Crippen LogP contribution in [0, 0.1) is 5.82 Å². The number of benzene rings is 2. The molecule has 0 radical (unpaired) electrons. The number of hydrogen-bond donors (Lipinski definition) is 3. The van der Waals surface area contributed by atoms with Crippen molar-refractivity contribution in [2.45, 2.75) is 37.3 Å². The second kappa shape index (κ2) is 10.3. The molecule has 0 saturated heterocycles. The van der Waals surface area contributed by atoms with Gasteiger partial charge in [0, 0.05) is 12.1 Å². The molecule has 1 saturated carbocycles. The third-order valence-electron chi connectivity index (χ3n) is 6.47. The quantitative estimate of drug-likeness (QED) is 0.199. The summed E-state index contributed by atoms with van der Waals surface area (Å²) in [7, 11) is -4.04. The zero-order chi connectivity index (χ0) is 30.5. The predicted molar refractivity (Wildman–Crippen MR) is 142 cm³/mol. The van der Waals surface area contributed by atoms with Crippen LogP contribution in [0.3, 0.4) is 0 Å². The first-order valence-corrected chi connectivity index (χ1v) is 14.1. The fourth-order valence-electron chi connectivity index (χ4n) is 4.21. The minimum Gasteiger partial charge on any atom is -0.354 e. The number of pyridine rings is 1. The van der Waals surface area contributed by atoms with E-state index in [4.69, 9.17) is 0 Å². The van der Waals surface area contributed by atoms with Gasteiger partial charge in [-0.15, -0.1) is 0 Å². The maximum absolute atomic E-state index is 13.8. The summed E-state index contributed by atoms with van der Waals surface area (Å²) in [6.07, 6.45) is -9.10. The third kappa shape index (κ3) is 6.32. The van der Waals surface area contributed by atoms with E-state index in [2.05, 4.69) is 25.6 Å². The van der Waals surface area contributed by atoms with Gasteiger partial charge in [-0.2, -0.15) is 31.3 Å². The van der Waals surface area contributed by atoms with Crippen molar-refractivity contribution in [3.8, 4) is 11.3 Å². The average molecular weight is 615 g/mol. The molecule has 222 valence electrons. The Morgan fingerprint density at radius 3 is 2.19 bits per heavy atom. The summed E-state index contributed by atoms with van der Waals surface area (Å²) >= 11 is 0. The summed E-state index contributed by atoms with van der Waals surface area (Å²) in [6, 6.07) is 11.2. The van der Waals surface area contributed by atoms with Crippen LogP contribution < -0.4 is 15.4 Å². The lowest BCUT2D eigenvalue weighted by atomic mass is 10.1. The monoisotopic (exact) mass is 614 g/mol. The number of anilines is 3. The van der Waals surface area contributed by atoms with Gasteiger partial charge in [0.05, 0.1) is 28.7 Å². The van der Waals surface area contributed by atoms with E-state index in [0.29, 0.717) is 23.6 Å². The van der Waals surface area contributed by atoms with E-state index in [1.54, 1.807) is 6.07 Å². The van der Waals surface area contributed by atoms with Crippen LogP contribution in [0.15, 0.2) is 54.6 Å². The Hall–Kier alpha value is -4.21. The van der Waals surface area contributed by atoms with Crippen molar-refractivity contribution in [3.63, 3.8) is 0 Å².